The van der Waals surface area contributed by atoms with Crippen LogP contribution in [-0.4, -0.2) is 16.6 Å². The molecule has 0 radical (unpaired) electrons. The Bertz CT molecular complexity index is 1210. The van der Waals surface area contributed by atoms with Gasteiger partial charge >= 0.3 is 0 Å². The lowest BCUT2D eigenvalue weighted by molar-refractivity contribution is 0.477. The normalized spacial score (nSPS) is 12.6. The standard InChI is InChI=1S/C23H22N2O2/c1-13-11-19(26)20(16-9-7-15(8-10-16)14(2)12-24)21-17-5-3-4-6-18(17)23(27)25-22(13)21/h3-11,14,26H,12,24H2,1-2H3,(H,25,27)/t14-/m0/s1. The summed E-state index contributed by atoms with van der Waals surface area (Å²) in [5, 5.41) is 13.1. The van der Waals surface area contributed by atoms with Crippen LogP contribution in [0, 0.1) is 6.92 Å². The molecule has 1 atom stereocenters. The Labute approximate surface area is 157 Å². The summed E-state index contributed by atoms with van der Waals surface area (Å²) in [6.45, 7) is 4.57. The molecule has 27 heavy (non-hydrogen) atoms. The van der Waals surface area contributed by atoms with Gasteiger partial charge in [0.15, 0.2) is 0 Å². The summed E-state index contributed by atoms with van der Waals surface area (Å²) in [5.74, 6) is 0.483. The van der Waals surface area contributed by atoms with Crippen molar-refractivity contribution in [1.82, 2.24) is 4.98 Å². The van der Waals surface area contributed by atoms with Crippen molar-refractivity contribution >= 4 is 21.7 Å². The molecule has 1 aromatic heterocycles. The predicted octanol–water partition coefficient (Wildman–Crippen LogP) is 4.42. The second kappa shape index (κ2) is 6.56. The molecule has 0 spiro atoms. The number of aromatic nitrogens is 1. The lowest BCUT2D eigenvalue weighted by Crippen LogP contribution is -2.08. The number of hydrogen-bond acceptors (Lipinski definition) is 3. The minimum atomic E-state index is -0.120. The maximum Gasteiger partial charge on any atom is 0.256 e. The molecule has 0 fully saturated rings. The molecule has 4 N–H and O–H groups in total. The molecule has 0 saturated carbocycles. The summed E-state index contributed by atoms with van der Waals surface area (Å²) in [7, 11) is 0. The Hall–Kier alpha value is -3.11. The van der Waals surface area contributed by atoms with Gasteiger partial charge in [0.1, 0.15) is 5.75 Å². The molecule has 0 aliphatic heterocycles. The maximum atomic E-state index is 12.5. The van der Waals surface area contributed by atoms with Crippen LogP contribution < -0.4 is 11.3 Å². The fourth-order valence-electron chi connectivity index (χ4n) is 3.72. The summed E-state index contributed by atoms with van der Waals surface area (Å²) in [6, 6.07) is 17.3. The highest BCUT2D eigenvalue weighted by molar-refractivity contribution is 6.14. The van der Waals surface area contributed by atoms with Crippen LogP contribution in [0.15, 0.2) is 59.4 Å². The van der Waals surface area contributed by atoms with Gasteiger partial charge in [0.25, 0.3) is 5.56 Å². The third-order valence-electron chi connectivity index (χ3n) is 5.31. The van der Waals surface area contributed by atoms with Crippen LogP contribution in [0.3, 0.4) is 0 Å². The summed E-state index contributed by atoms with van der Waals surface area (Å²) >= 11 is 0. The summed E-state index contributed by atoms with van der Waals surface area (Å²) in [5.41, 5.74) is 10.0. The number of aromatic amines is 1. The van der Waals surface area contributed by atoms with Crippen LogP contribution in [0.25, 0.3) is 32.8 Å². The van der Waals surface area contributed by atoms with Crippen molar-refractivity contribution in [3.63, 3.8) is 0 Å². The molecular formula is C23H22N2O2. The van der Waals surface area contributed by atoms with Gasteiger partial charge in [0, 0.05) is 16.3 Å². The number of nitrogens with one attached hydrogen (secondary N) is 1. The lowest BCUT2D eigenvalue weighted by Gasteiger charge is -2.15. The number of nitrogens with two attached hydrogens (primary N) is 1. The van der Waals surface area contributed by atoms with E-state index in [2.05, 4.69) is 11.9 Å². The van der Waals surface area contributed by atoms with Crippen LogP contribution in [0.1, 0.15) is 24.0 Å². The Kier molecular flexibility index (Phi) is 4.21. The molecule has 4 nitrogen and oxygen atoms in total. The summed E-state index contributed by atoms with van der Waals surface area (Å²) in [4.78, 5) is 15.5. The van der Waals surface area contributed by atoms with E-state index in [0.717, 1.165) is 38.5 Å². The average molecular weight is 358 g/mol. The molecule has 0 aliphatic carbocycles. The van der Waals surface area contributed by atoms with Gasteiger partial charge in [-0.25, -0.2) is 0 Å². The zero-order valence-electron chi connectivity index (χ0n) is 15.4. The van der Waals surface area contributed by atoms with E-state index >= 15 is 0 Å². The Morgan fingerprint density at radius 3 is 2.41 bits per heavy atom. The van der Waals surface area contributed by atoms with Crippen molar-refractivity contribution in [2.24, 2.45) is 5.73 Å². The molecule has 4 aromatic rings. The zero-order chi connectivity index (χ0) is 19.1. The van der Waals surface area contributed by atoms with Crippen molar-refractivity contribution in [2.45, 2.75) is 19.8 Å². The first-order valence-electron chi connectivity index (χ1n) is 9.09. The van der Waals surface area contributed by atoms with Crippen molar-refractivity contribution in [2.75, 3.05) is 6.54 Å². The van der Waals surface area contributed by atoms with Gasteiger partial charge in [-0.15, -0.1) is 0 Å². The second-order valence-corrected chi connectivity index (χ2v) is 7.10. The van der Waals surface area contributed by atoms with E-state index in [4.69, 9.17) is 5.73 Å². The van der Waals surface area contributed by atoms with Crippen LogP contribution in [-0.2, 0) is 0 Å². The summed E-state index contributed by atoms with van der Waals surface area (Å²) in [6.07, 6.45) is 0. The smallest absolute Gasteiger partial charge is 0.256 e. The van der Waals surface area contributed by atoms with Crippen LogP contribution in [0.4, 0.5) is 0 Å². The molecule has 4 rings (SSSR count). The highest BCUT2D eigenvalue weighted by atomic mass is 16.3. The fraction of sp³-hybridized carbons (Fsp3) is 0.174. The van der Waals surface area contributed by atoms with Crippen molar-refractivity contribution in [1.29, 1.82) is 0 Å². The SMILES string of the molecule is Cc1cc(O)c(-c2ccc([C@@H](C)CN)cc2)c2c1[nH]c(=O)c1ccccc12. The highest BCUT2D eigenvalue weighted by Crippen LogP contribution is 2.40. The largest absolute Gasteiger partial charge is 0.507 e. The number of phenolic OH excluding ortho intramolecular Hbond substituents is 1. The quantitative estimate of drug-likeness (QED) is 0.474. The van der Waals surface area contributed by atoms with Crippen molar-refractivity contribution < 1.29 is 5.11 Å². The number of pyridine rings is 1. The van der Waals surface area contributed by atoms with Gasteiger partial charge in [-0.2, -0.15) is 0 Å². The van der Waals surface area contributed by atoms with Crippen LogP contribution >= 0.6 is 0 Å². The number of phenols is 1. The van der Waals surface area contributed by atoms with E-state index in [1.807, 2.05) is 55.5 Å². The minimum absolute atomic E-state index is 0.120. The number of aromatic hydroxyl groups is 1. The third kappa shape index (κ3) is 2.78. The first kappa shape index (κ1) is 17.3. The number of rotatable bonds is 3. The van der Waals surface area contributed by atoms with E-state index in [0.29, 0.717) is 11.9 Å². The highest BCUT2D eigenvalue weighted by Gasteiger charge is 2.17. The number of aryl methyl sites for hydroxylation is 1. The van der Waals surface area contributed by atoms with E-state index in [-0.39, 0.29) is 17.2 Å². The van der Waals surface area contributed by atoms with E-state index < -0.39 is 0 Å². The second-order valence-electron chi connectivity index (χ2n) is 7.10. The topological polar surface area (TPSA) is 79.1 Å². The van der Waals surface area contributed by atoms with Gasteiger partial charge in [-0.3, -0.25) is 4.79 Å². The monoisotopic (exact) mass is 358 g/mol. The van der Waals surface area contributed by atoms with Crippen molar-refractivity contribution in [3.8, 4) is 16.9 Å². The molecule has 0 amide bonds. The first-order chi connectivity index (χ1) is 13.0. The molecular weight excluding hydrogens is 336 g/mol. The van der Waals surface area contributed by atoms with E-state index in [1.165, 1.54) is 0 Å². The number of benzene rings is 3. The summed E-state index contributed by atoms with van der Waals surface area (Å²) < 4.78 is 0. The van der Waals surface area contributed by atoms with Gasteiger partial charge in [0.2, 0.25) is 0 Å². The van der Waals surface area contributed by atoms with Gasteiger partial charge in [-0.05, 0) is 53.6 Å². The van der Waals surface area contributed by atoms with E-state index in [9.17, 15) is 9.90 Å². The molecule has 1 heterocycles. The average Bonchev–Trinajstić information content (AvgIpc) is 2.69. The van der Waals surface area contributed by atoms with Crippen LogP contribution in [0.5, 0.6) is 5.75 Å². The van der Waals surface area contributed by atoms with Gasteiger partial charge in [-0.1, -0.05) is 49.4 Å². The molecule has 0 saturated heterocycles. The Morgan fingerprint density at radius 2 is 1.74 bits per heavy atom. The van der Waals surface area contributed by atoms with Gasteiger partial charge in [0.05, 0.1) is 5.52 Å². The predicted molar refractivity (Wildman–Crippen MR) is 111 cm³/mol. The molecule has 3 aromatic carbocycles. The molecule has 0 unspecified atom stereocenters. The third-order valence-corrected chi connectivity index (χ3v) is 5.31. The number of H-pyrrole nitrogens is 1. The fourth-order valence-corrected chi connectivity index (χ4v) is 3.72. The number of fused-ring (bicyclic) bond motifs is 3. The molecule has 4 heteroatoms. The Morgan fingerprint density at radius 1 is 1.07 bits per heavy atom. The molecule has 0 aliphatic rings. The van der Waals surface area contributed by atoms with Gasteiger partial charge < -0.3 is 15.8 Å². The Balaban J connectivity index is 2.09. The maximum absolute atomic E-state index is 12.5. The molecule has 136 valence electrons. The minimum Gasteiger partial charge on any atom is -0.507 e. The number of hydrogen-bond donors (Lipinski definition) is 3. The zero-order valence-corrected chi connectivity index (χ0v) is 15.4. The van der Waals surface area contributed by atoms with Crippen molar-refractivity contribution in [3.05, 3.63) is 76.1 Å². The van der Waals surface area contributed by atoms with Crippen LogP contribution in [0.2, 0.25) is 0 Å². The first-order valence-corrected chi connectivity index (χ1v) is 9.09. The van der Waals surface area contributed by atoms with E-state index in [1.54, 1.807) is 6.07 Å². The lowest BCUT2D eigenvalue weighted by atomic mass is 9.92. The molecule has 0 bridgehead atoms.